The van der Waals surface area contributed by atoms with E-state index in [0.29, 0.717) is 25.3 Å². The molecule has 1 aromatic carbocycles. The van der Waals surface area contributed by atoms with E-state index in [1.807, 2.05) is 18.2 Å². The normalized spacial score (nSPS) is 10.5. The van der Waals surface area contributed by atoms with Gasteiger partial charge in [-0.1, -0.05) is 12.1 Å². The second-order valence-electron chi connectivity index (χ2n) is 5.68. The third-order valence-corrected chi connectivity index (χ3v) is 4.88. The number of hydrogen-bond acceptors (Lipinski definition) is 5. The third-order valence-electron chi connectivity index (χ3n) is 3.78. The number of carbonyl (C=O) groups is 1. The van der Waals surface area contributed by atoms with Crippen LogP contribution in [0.15, 0.2) is 48.7 Å². The first-order valence-corrected chi connectivity index (χ1v) is 9.07. The average Bonchev–Trinajstić information content (AvgIpc) is 3.12. The maximum atomic E-state index is 12.9. The van der Waals surface area contributed by atoms with Gasteiger partial charge in [-0.25, -0.2) is 14.4 Å². The summed E-state index contributed by atoms with van der Waals surface area (Å²) in [5, 5.41) is 5.81. The summed E-state index contributed by atoms with van der Waals surface area (Å²) in [4.78, 5) is 22.6. The molecular weight excluding hydrogens is 351 g/mol. The fourth-order valence-corrected chi connectivity index (χ4v) is 3.42. The number of amides is 1. The van der Waals surface area contributed by atoms with Gasteiger partial charge >= 0.3 is 0 Å². The quantitative estimate of drug-likeness (QED) is 0.670. The summed E-state index contributed by atoms with van der Waals surface area (Å²) in [5.41, 5.74) is 1.83. The predicted octanol–water partition coefficient (Wildman–Crippen LogP) is 3.29. The molecule has 0 fully saturated rings. The van der Waals surface area contributed by atoms with Gasteiger partial charge in [-0.3, -0.25) is 4.79 Å². The minimum absolute atomic E-state index is 0.0286. The van der Waals surface area contributed by atoms with Gasteiger partial charge < -0.3 is 10.6 Å². The number of halogens is 1. The molecule has 0 spiro atoms. The predicted molar refractivity (Wildman–Crippen MR) is 102 cm³/mol. The SMILES string of the molecule is CNc1nccc(-c2ccc(CC(=O)NCCc3ccc(F)cc3)s2)n1. The van der Waals surface area contributed by atoms with Crippen LogP contribution in [0.25, 0.3) is 10.6 Å². The number of nitrogens with one attached hydrogen (secondary N) is 2. The fraction of sp³-hybridized carbons (Fsp3) is 0.211. The number of carbonyl (C=O) groups excluding carboxylic acids is 1. The van der Waals surface area contributed by atoms with Gasteiger partial charge in [0.25, 0.3) is 0 Å². The van der Waals surface area contributed by atoms with E-state index >= 15 is 0 Å². The lowest BCUT2D eigenvalue weighted by Gasteiger charge is -2.04. The second-order valence-corrected chi connectivity index (χ2v) is 6.85. The molecule has 0 saturated carbocycles. The molecule has 7 heteroatoms. The minimum atomic E-state index is -0.253. The lowest BCUT2D eigenvalue weighted by atomic mass is 10.1. The van der Waals surface area contributed by atoms with Gasteiger partial charge in [0.15, 0.2) is 0 Å². The Morgan fingerprint density at radius 3 is 2.73 bits per heavy atom. The van der Waals surface area contributed by atoms with Crippen LogP contribution >= 0.6 is 11.3 Å². The average molecular weight is 370 g/mol. The summed E-state index contributed by atoms with van der Waals surface area (Å²) in [6, 6.07) is 12.1. The van der Waals surface area contributed by atoms with Crippen LogP contribution in [0.4, 0.5) is 10.3 Å². The van der Waals surface area contributed by atoms with Crippen LogP contribution < -0.4 is 10.6 Å². The Morgan fingerprint density at radius 1 is 1.15 bits per heavy atom. The smallest absolute Gasteiger partial charge is 0.225 e. The van der Waals surface area contributed by atoms with Gasteiger partial charge in [-0.15, -0.1) is 11.3 Å². The van der Waals surface area contributed by atoms with E-state index in [-0.39, 0.29) is 11.7 Å². The number of hydrogen-bond donors (Lipinski definition) is 2. The van der Waals surface area contributed by atoms with Crippen LogP contribution in [0.3, 0.4) is 0 Å². The Morgan fingerprint density at radius 2 is 1.96 bits per heavy atom. The van der Waals surface area contributed by atoms with Gasteiger partial charge in [-0.2, -0.15) is 0 Å². The van der Waals surface area contributed by atoms with Crippen molar-refractivity contribution in [3.05, 3.63) is 64.9 Å². The lowest BCUT2D eigenvalue weighted by molar-refractivity contribution is -0.120. The van der Waals surface area contributed by atoms with Gasteiger partial charge in [0, 0.05) is 24.7 Å². The van der Waals surface area contributed by atoms with Gasteiger partial charge in [0.1, 0.15) is 5.82 Å². The monoisotopic (exact) mass is 370 g/mol. The van der Waals surface area contributed by atoms with E-state index in [4.69, 9.17) is 0 Å². The zero-order valence-electron chi connectivity index (χ0n) is 14.3. The fourth-order valence-electron chi connectivity index (χ4n) is 2.45. The summed E-state index contributed by atoms with van der Waals surface area (Å²) in [6.07, 6.45) is 2.71. The van der Waals surface area contributed by atoms with Crippen molar-refractivity contribution < 1.29 is 9.18 Å². The third kappa shape index (κ3) is 4.86. The molecule has 2 N–H and O–H groups in total. The van der Waals surface area contributed by atoms with E-state index in [9.17, 15) is 9.18 Å². The lowest BCUT2D eigenvalue weighted by Crippen LogP contribution is -2.26. The summed E-state index contributed by atoms with van der Waals surface area (Å²) in [7, 11) is 1.77. The molecule has 2 heterocycles. The molecule has 0 bridgehead atoms. The van der Waals surface area contributed by atoms with Crippen LogP contribution in [0.5, 0.6) is 0 Å². The maximum absolute atomic E-state index is 12.9. The molecule has 2 aromatic heterocycles. The highest BCUT2D eigenvalue weighted by atomic mass is 32.1. The molecule has 134 valence electrons. The van der Waals surface area contributed by atoms with E-state index in [1.54, 1.807) is 36.7 Å². The van der Waals surface area contributed by atoms with Gasteiger partial charge in [0.2, 0.25) is 11.9 Å². The van der Waals surface area contributed by atoms with Crippen molar-refractivity contribution in [2.24, 2.45) is 0 Å². The largest absolute Gasteiger partial charge is 0.357 e. The van der Waals surface area contributed by atoms with Crippen molar-refractivity contribution in [1.29, 1.82) is 0 Å². The molecule has 26 heavy (non-hydrogen) atoms. The number of benzene rings is 1. The number of aromatic nitrogens is 2. The zero-order chi connectivity index (χ0) is 18.4. The van der Waals surface area contributed by atoms with Crippen LogP contribution in [-0.2, 0) is 17.6 Å². The molecule has 0 aliphatic heterocycles. The molecule has 1 amide bonds. The molecular formula is C19H19FN4OS. The minimum Gasteiger partial charge on any atom is -0.357 e. The summed E-state index contributed by atoms with van der Waals surface area (Å²) in [6.45, 7) is 0.528. The van der Waals surface area contributed by atoms with Crippen molar-refractivity contribution in [3.8, 4) is 10.6 Å². The molecule has 0 aliphatic rings. The number of rotatable bonds is 7. The van der Waals surface area contributed by atoms with Crippen LogP contribution in [-0.4, -0.2) is 29.5 Å². The highest BCUT2D eigenvalue weighted by Crippen LogP contribution is 2.27. The van der Waals surface area contributed by atoms with Crippen molar-refractivity contribution in [1.82, 2.24) is 15.3 Å². The molecule has 0 unspecified atom stereocenters. The van der Waals surface area contributed by atoms with Gasteiger partial charge in [0.05, 0.1) is 17.0 Å². The topological polar surface area (TPSA) is 66.9 Å². The summed E-state index contributed by atoms with van der Waals surface area (Å²) < 4.78 is 12.9. The maximum Gasteiger partial charge on any atom is 0.225 e. The first-order valence-electron chi connectivity index (χ1n) is 8.25. The Bertz CT molecular complexity index is 879. The first-order chi connectivity index (χ1) is 12.6. The van der Waals surface area contributed by atoms with Crippen LogP contribution in [0, 0.1) is 5.82 Å². The highest BCUT2D eigenvalue weighted by molar-refractivity contribution is 7.15. The standard InChI is InChI=1S/C19H19FN4OS/c1-21-19-23-11-9-16(24-19)17-7-6-15(26-17)12-18(25)22-10-8-13-2-4-14(20)5-3-13/h2-7,9,11H,8,10,12H2,1H3,(H,22,25)(H,21,23,24). The van der Waals surface area contributed by atoms with E-state index in [1.165, 1.54) is 12.1 Å². The Labute approximate surface area is 155 Å². The van der Waals surface area contributed by atoms with E-state index in [0.717, 1.165) is 21.0 Å². The summed E-state index contributed by atoms with van der Waals surface area (Å²) in [5.74, 6) is 0.284. The summed E-state index contributed by atoms with van der Waals surface area (Å²) >= 11 is 1.54. The number of nitrogens with zero attached hydrogens (tertiary/aromatic N) is 2. The van der Waals surface area contributed by atoms with Gasteiger partial charge in [-0.05, 0) is 42.3 Å². The van der Waals surface area contributed by atoms with Crippen molar-refractivity contribution in [2.75, 3.05) is 18.9 Å². The number of anilines is 1. The van der Waals surface area contributed by atoms with E-state index < -0.39 is 0 Å². The van der Waals surface area contributed by atoms with Crippen LogP contribution in [0.1, 0.15) is 10.4 Å². The van der Waals surface area contributed by atoms with Crippen molar-refractivity contribution >= 4 is 23.2 Å². The molecule has 5 nitrogen and oxygen atoms in total. The highest BCUT2D eigenvalue weighted by Gasteiger charge is 2.09. The first kappa shape index (κ1) is 18.0. The zero-order valence-corrected chi connectivity index (χ0v) is 15.1. The second kappa shape index (κ2) is 8.53. The molecule has 0 saturated heterocycles. The molecule has 0 radical (unpaired) electrons. The Balaban J connectivity index is 1.51. The molecule has 0 aliphatic carbocycles. The van der Waals surface area contributed by atoms with Crippen molar-refractivity contribution in [2.45, 2.75) is 12.8 Å². The molecule has 3 aromatic rings. The van der Waals surface area contributed by atoms with E-state index in [2.05, 4.69) is 20.6 Å². The Hall–Kier alpha value is -2.80. The molecule has 3 rings (SSSR count). The number of thiophene rings is 1. The Kier molecular flexibility index (Phi) is 5.91. The molecule has 0 atom stereocenters. The van der Waals surface area contributed by atoms with Crippen molar-refractivity contribution in [3.63, 3.8) is 0 Å². The van der Waals surface area contributed by atoms with Crippen LogP contribution in [0.2, 0.25) is 0 Å².